The lowest BCUT2D eigenvalue weighted by atomic mass is 10.4. The Kier molecular flexibility index (Phi) is 4.86. The summed E-state index contributed by atoms with van der Waals surface area (Å²) < 4.78 is 6.75. The van der Waals surface area contributed by atoms with Crippen molar-refractivity contribution < 1.29 is 9.53 Å². The van der Waals surface area contributed by atoms with Gasteiger partial charge in [0.25, 0.3) is 0 Å². The molecule has 3 N–H and O–H groups in total. The number of ether oxygens (including phenoxy) is 1. The molecule has 5 nitrogen and oxygen atoms in total. The summed E-state index contributed by atoms with van der Waals surface area (Å²) in [5, 5.41) is 3.20. The van der Waals surface area contributed by atoms with Crippen LogP contribution in [0, 0.1) is 0 Å². The number of carbonyl (C=O) groups is 1. The molecule has 1 rings (SSSR count). The third kappa shape index (κ3) is 4.14. The SMILES string of the molecule is COCCNCc1cccn1CC(N)=O. The quantitative estimate of drug-likeness (QED) is 0.609. The highest BCUT2D eigenvalue weighted by molar-refractivity contribution is 5.73. The molecule has 0 saturated heterocycles. The molecular formula is C10H17N3O2. The Labute approximate surface area is 89.2 Å². The molecule has 0 bridgehead atoms. The van der Waals surface area contributed by atoms with Gasteiger partial charge in [0.2, 0.25) is 5.91 Å². The first-order valence-electron chi connectivity index (χ1n) is 4.86. The molecule has 5 heteroatoms. The first-order chi connectivity index (χ1) is 7.24. The lowest BCUT2D eigenvalue weighted by molar-refractivity contribution is -0.118. The van der Waals surface area contributed by atoms with E-state index in [9.17, 15) is 4.79 Å². The van der Waals surface area contributed by atoms with Crippen molar-refractivity contribution in [3.05, 3.63) is 24.0 Å². The zero-order valence-electron chi connectivity index (χ0n) is 8.90. The number of aromatic nitrogens is 1. The minimum Gasteiger partial charge on any atom is -0.383 e. The van der Waals surface area contributed by atoms with Crippen LogP contribution in [0.5, 0.6) is 0 Å². The fourth-order valence-electron chi connectivity index (χ4n) is 1.32. The van der Waals surface area contributed by atoms with Crippen LogP contribution in [0.25, 0.3) is 0 Å². The fraction of sp³-hybridized carbons (Fsp3) is 0.500. The van der Waals surface area contributed by atoms with Crippen LogP contribution in [-0.4, -0.2) is 30.7 Å². The molecule has 84 valence electrons. The summed E-state index contributed by atoms with van der Waals surface area (Å²) in [5.41, 5.74) is 6.17. The average molecular weight is 211 g/mol. The highest BCUT2D eigenvalue weighted by atomic mass is 16.5. The normalized spacial score (nSPS) is 10.5. The predicted octanol–water partition coefficient (Wildman–Crippen LogP) is -0.291. The van der Waals surface area contributed by atoms with Crippen LogP contribution in [0.2, 0.25) is 0 Å². The number of nitrogens with zero attached hydrogens (tertiary/aromatic N) is 1. The molecule has 1 aromatic heterocycles. The summed E-state index contributed by atoms with van der Waals surface area (Å²) in [6.07, 6.45) is 1.85. The Morgan fingerprint density at radius 1 is 1.67 bits per heavy atom. The standard InChI is InChI=1S/C10H17N3O2/c1-15-6-4-12-7-9-3-2-5-13(9)8-10(11)14/h2-3,5,12H,4,6-8H2,1H3,(H2,11,14). The van der Waals surface area contributed by atoms with Gasteiger partial charge < -0.3 is 20.4 Å². The van der Waals surface area contributed by atoms with Crippen molar-refractivity contribution in [1.82, 2.24) is 9.88 Å². The molecule has 0 aliphatic heterocycles. The molecule has 1 heterocycles. The van der Waals surface area contributed by atoms with Crippen molar-refractivity contribution in [1.29, 1.82) is 0 Å². The van der Waals surface area contributed by atoms with Gasteiger partial charge in [-0.25, -0.2) is 0 Å². The second-order valence-corrected chi connectivity index (χ2v) is 3.26. The molecule has 0 radical (unpaired) electrons. The molecule has 0 saturated carbocycles. The Hall–Kier alpha value is -1.33. The molecule has 1 aromatic rings. The second kappa shape index (κ2) is 6.21. The highest BCUT2D eigenvalue weighted by Crippen LogP contribution is 2.01. The maximum atomic E-state index is 10.8. The largest absolute Gasteiger partial charge is 0.383 e. The van der Waals surface area contributed by atoms with Gasteiger partial charge in [-0.05, 0) is 12.1 Å². The van der Waals surface area contributed by atoms with Crippen LogP contribution in [-0.2, 0) is 22.6 Å². The first kappa shape index (κ1) is 11.7. The summed E-state index contributed by atoms with van der Waals surface area (Å²) in [6, 6.07) is 3.86. The van der Waals surface area contributed by atoms with Gasteiger partial charge in [-0.15, -0.1) is 0 Å². The molecule has 0 atom stereocenters. The van der Waals surface area contributed by atoms with Crippen molar-refractivity contribution in [2.75, 3.05) is 20.3 Å². The number of nitrogens with one attached hydrogen (secondary N) is 1. The van der Waals surface area contributed by atoms with Gasteiger partial charge in [-0.2, -0.15) is 0 Å². The van der Waals surface area contributed by atoms with E-state index in [2.05, 4.69) is 5.32 Å². The summed E-state index contributed by atoms with van der Waals surface area (Å²) >= 11 is 0. The predicted molar refractivity (Wildman–Crippen MR) is 57.2 cm³/mol. The van der Waals surface area contributed by atoms with Gasteiger partial charge in [0.15, 0.2) is 0 Å². The molecule has 0 spiro atoms. The van der Waals surface area contributed by atoms with E-state index >= 15 is 0 Å². The number of hydrogen-bond acceptors (Lipinski definition) is 3. The summed E-state index contributed by atoms with van der Waals surface area (Å²) in [5.74, 6) is -0.329. The topological polar surface area (TPSA) is 69.3 Å². The van der Waals surface area contributed by atoms with Crippen molar-refractivity contribution >= 4 is 5.91 Å². The van der Waals surface area contributed by atoms with Crippen LogP contribution < -0.4 is 11.1 Å². The zero-order valence-corrected chi connectivity index (χ0v) is 8.90. The van der Waals surface area contributed by atoms with E-state index in [1.807, 2.05) is 22.9 Å². The average Bonchev–Trinajstić information content (AvgIpc) is 2.59. The van der Waals surface area contributed by atoms with Crippen LogP contribution in [0.3, 0.4) is 0 Å². The van der Waals surface area contributed by atoms with E-state index in [0.29, 0.717) is 13.2 Å². The maximum Gasteiger partial charge on any atom is 0.237 e. The number of primary amides is 1. The van der Waals surface area contributed by atoms with Gasteiger partial charge in [0.1, 0.15) is 6.54 Å². The Bertz CT molecular complexity index is 309. The third-order valence-electron chi connectivity index (χ3n) is 2.04. The molecule has 1 amide bonds. The van der Waals surface area contributed by atoms with E-state index < -0.39 is 0 Å². The Balaban J connectivity index is 2.39. The monoisotopic (exact) mass is 211 g/mol. The van der Waals surface area contributed by atoms with Crippen LogP contribution in [0.1, 0.15) is 5.69 Å². The van der Waals surface area contributed by atoms with Gasteiger partial charge >= 0.3 is 0 Å². The van der Waals surface area contributed by atoms with Crippen LogP contribution >= 0.6 is 0 Å². The molecule has 0 aliphatic carbocycles. The van der Waals surface area contributed by atoms with E-state index in [1.165, 1.54) is 0 Å². The highest BCUT2D eigenvalue weighted by Gasteiger charge is 2.02. The smallest absolute Gasteiger partial charge is 0.237 e. The number of nitrogens with two attached hydrogens (primary N) is 1. The van der Waals surface area contributed by atoms with Gasteiger partial charge in [0.05, 0.1) is 6.61 Å². The molecule has 15 heavy (non-hydrogen) atoms. The van der Waals surface area contributed by atoms with Crippen molar-refractivity contribution in [3.63, 3.8) is 0 Å². The minimum atomic E-state index is -0.329. The lowest BCUT2D eigenvalue weighted by Crippen LogP contribution is -2.23. The molecule has 0 aliphatic rings. The van der Waals surface area contributed by atoms with Gasteiger partial charge in [0, 0.05) is 32.1 Å². The van der Waals surface area contributed by atoms with Crippen LogP contribution in [0.4, 0.5) is 0 Å². The molecule has 0 unspecified atom stereocenters. The summed E-state index contributed by atoms with van der Waals surface area (Å²) in [4.78, 5) is 10.8. The molecule has 0 fully saturated rings. The van der Waals surface area contributed by atoms with E-state index in [1.54, 1.807) is 7.11 Å². The van der Waals surface area contributed by atoms with Gasteiger partial charge in [-0.1, -0.05) is 0 Å². The van der Waals surface area contributed by atoms with Gasteiger partial charge in [-0.3, -0.25) is 4.79 Å². The summed E-state index contributed by atoms with van der Waals surface area (Å²) in [7, 11) is 1.66. The maximum absolute atomic E-state index is 10.8. The van der Waals surface area contributed by atoms with E-state index in [4.69, 9.17) is 10.5 Å². The third-order valence-corrected chi connectivity index (χ3v) is 2.04. The van der Waals surface area contributed by atoms with E-state index in [0.717, 1.165) is 12.2 Å². The Morgan fingerprint density at radius 3 is 3.13 bits per heavy atom. The van der Waals surface area contributed by atoms with Crippen molar-refractivity contribution in [2.45, 2.75) is 13.1 Å². The number of methoxy groups -OCH3 is 1. The fourth-order valence-corrected chi connectivity index (χ4v) is 1.32. The molecular weight excluding hydrogens is 194 g/mol. The number of hydrogen-bond donors (Lipinski definition) is 2. The molecule has 0 aromatic carbocycles. The zero-order chi connectivity index (χ0) is 11.1. The second-order valence-electron chi connectivity index (χ2n) is 3.26. The first-order valence-corrected chi connectivity index (χ1v) is 4.86. The van der Waals surface area contributed by atoms with Crippen LogP contribution in [0.15, 0.2) is 18.3 Å². The number of rotatable bonds is 7. The number of amides is 1. The minimum absolute atomic E-state index is 0.230. The van der Waals surface area contributed by atoms with Crippen molar-refractivity contribution in [2.24, 2.45) is 5.73 Å². The van der Waals surface area contributed by atoms with Crippen molar-refractivity contribution in [3.8, 4) is 0 Å². The Morgan fingerprint density at radius 2 is 2.47 bits per heavy atom. The lowest BCUT2D eigenvalue weighted by Gasteiger charge is -2.08. The number of carbonyl (C=O) groups excluding carboxylic acids is 1. The summed E-state index contributed by atoms with van der Waals surface area (Å²) in [6.45, 7) is 2.41. The van der Waals surface area contributed by atoms with E-state index in [-0.39, 0.29) is 12.5 Å².